The number of phenols is 1. The molecule has 0 aliphatic carbocycles. The molecule has 2 N–H and O–H groups in total. The highest BCUT2D eigenvalue weighted by atomic mass is 35.5. The summed E-state index contributed by atoms with van der Waals surface area (Å²) >= 11 is 1.92. The topological polar surface area (TPSA) is 32.3 Å². The van der Waals surface area contributed by atoms with Crippen LogP contribution in [0.1, 0.15) is 29.9 Å². The van der Waals surface area contributed by atoms with Gasteiger partial charge in [0.2, 0.25) is 0 Å². The van der Waals surface area contributed by atoms with E-state index < -0.39 is 0 Å². The lowest BCUT2D eigenvalue weighted by atomic mass is 9.88. The van der Waals surface area contributed by atoms with E-state index in [2.05, 4.69) is 66.0 Å². The second-order valence-electron chi connectivity index (χ2n) is 6.61. The van der Waals surface area contributed by atoms with E-state index >= 15 is 0 Å². The van der Waals surface area contributed by atoms with Crippen LogP contribution in [0.3, 0.4) is 0 Å². The molecule has 0 heterocycles. The van der Waals surface area contributed by atoms with Gasteiger partial charge in [-0.3, -0.25) is 0 Å². The number of hydrogen-bond donors (Lipinski definition) is 2. The van der Waals surface area contributed by atoms with Crippen LogP contribution in [0.15, 0.2) is 89.8 Å². The Morgan fingerprint density at radius 3 is 2.04 bits per heavy atom. The van der Waals surface area contributed by atoms with Crippen molar-refractivity contribution in [2.75, 3.05) is 18.8 Å². The van der Waals surface area contributed by atoms with Crippen LogP contribution in [-0.4, -0.2) is 23.9 Å². The number of thioether (sulfide) groups is 1. The molecular weight excluding hydrogens is 386 g/mol. The van der Waals surface area contributed by atoms with E-state index in [1.807, 2.05) is 23.9 Å². The zero-order chi connectivity index (χ0) is 18.7. The first-order valence-electron chi connectivity index (χ1n) is 9.55. The predicted octanol–water partition coefficient (Wildman–Crippen LogP) is 6.11. The fourth-order valence-electron chi connectivity index (χ4n) is 3.19. The first-order chi connectivity index (χ1) is 13.3. The first-order valence-corrected chi connectivity index (χ1v) is 10.5. The van der Waals surface area contributed by atoms with Crippen molar-refractivity contribution in [2.45, 2.75) is 23.7 Å². The van der Waals surface area contributed by atoms with Crippen molar-refractivity contribution in [3.8, 4) is 5.75 Å². The molecule has 0 aromatic heterocycles. The van der Waals surface area contributed by atoms with Gasteiger partial charge in [-0.15, -0.1) is 24.2 Å². The minimum absolute atomic E-state index is 0. The Kier molecular flexibility index (Phi) is 9.98. The summed E-state index contributed by atoms with van der Waals surface area (Å²) in [4.78, 5) is 1.34. The number of phenolic OH excluding ortho intramolecular Hbond substituents is 1. The van der Waals surface area contributed by atoms with Gasteiger partial charge >= 0.3 is 0 Å². The highest BCUT2D eigenvalue weighted by molar-refractivity contribution is 7.99. The second-order valence-corrected chi connectivity index (χ2v) is 7.78. The van der Waals surface area contributed by atoms with Crippen molar-refractivity contribution in [1.29, 1.82) is 0 Å². The molecule has 3 aromatic rings. The molecule has 3 aromatic carbocycles. The Morgan fingerprint density at radius 2 is 1.36 bits per heavy atom. The number of benzene rings is 3. The Labute approximate surface area is 178 Å². The van der Waals surface area contributed by atoms with Gasteiger partial charge in [0.05, 0.1) is 0 Å². The highest BCUT2D eigenvalue weighted by Gasteiger charge is 2.13. The highest BCUT2D eigenvalue weighted by Crippen LogP contribution is 2.28. The van der Waals surface area contributed by atoms with Crippen molar-refractivity contribution in [1.82, 2.24) is 5.32 Å². The minimum Gasteiger partial charge on any atom is -0.508 e. The van der Waals surface area contributed by atoms with Gasteiger partial charge in [-0.25, -0.2) is 0 Å². The lowest BCUT2D eigenvalue weighted by molar-refractivity contribution is 0.475. The Hall–Kier alpha value is -1.94. The summed E-state index contributed by atoms with van der Waals surface area (Å²) in [5.74, 6) is 1.80. The molecule has 0 aliphatic rings. The largest absolute Gasteiger partial charge is 0.508 e. The molecular formula is C24H28ClNOS. The summed E-state index contributed by atoms with van der Waals surface area (Å²) in [5, 5.41) is 13.2. The van der Waals surface area contributed by atoms with Gasteiger partial charge in [-0.2, -0.15) is 0 Å². The van der Waals surface area contributed by atoms with Crippen molar-refractivity contribution in [2.24, 2.45) is 0 Å². The molecule has 0 saturated heterocycles. The Balaban J connectivity index is 0.00000280. The van der Waals surface area contributed by atoms with E-state index in [1.165, 1.54) is 16.0 Å². The van der Waals surface area contributed by atoms with Crippen LogP contribution in [-0.2, 0) is 0 Å². The SMILES string of the molecule is Cl.Oc1ccc(C(CCNCCCSc2ccccc2)c2ccccc2)cc1. The average molecular weight is 414 g/mol. The first kappa shape index (κ1) is 22.4. The lowest BCUT2D eigenvalue weighted by Gasteiger charge is -2.18. The summed E-state index contributed by atoms with van der Waals surface area (Å²) in [6.07, 6.45) is 2.20. The zero-order valence-electron chi connectivity index (χ0n) is 16.0. The zero-order valence-corrected chi connectivity index (χ0v) is 17.6. The lowest BCUT2D eigenvalue weighted by Crippen LogP contribution is -2.19. The smallest absolute Gasteiger partial charge is 0.115 e. The van der Waals surface area contributed by atoms with Gasteiger partial charge in [0.1, 0.15) is 5.75 Å². The molecule has 1 unspecified atom stereocenters. The van der Waals surface area contributed by atoms with Crippen molar-refractivity contribution >= 4 is 24.2 Å². The van der Waals surface area contributed by atoms with Crippen LogP contribution >= 0.6 is 24.2 Å². The maximum atomic E-state index is 9.57. The van der Waals surface area contributed by atoms with Gasteiger partial charge in [0, 0.05) is 10.8 Å². The monoisotopic (exact) mass is 413 g/mol. The molecule has 0 radical (unpaired) electrons. The maximum Gasteiger partial charge on any atom is 0.115 e. The van der Waals surface area contributed by atoms with Gasteiger partial charge < -0.3 is 10.4 Å². The van der Waals surface area contributed by atoms with Crippen LogP contribution in [0.2, 0.25) is 0 Å². The van der Waals surface area contributed by atoms with Crippen molar-refractivity contribution < 1.29 is 5.11 Å². The van der Waals surface area contributed by atoms with E-state index in [0.29, 0.717) is 11.7 Å². The third kappa shape index (κ3) is 7.23. The normalized spacial score (nSPS) is 11.6. The van der Waals surface area contributed by atoms with Crippen molar-refractivity contribution in [3.63, 3.8) is 0 Å². The summed E-state index contributed by atoms with van der Waals surface area (Å²) in [7, 11) is 0. The number of rotatable bonds is 10. The van der Waals surface area contributed by atoms with Crippen LogP contribution in [0, 0.1) is 0 Å². The summed E-state index contributed by atoms with van der Waals surface area (Å²) < 4.78 is 0. The fourth-order valence-corrected chi connectivity index (χ4v) is 4.07. The number of aromatic hydroxyl groups is 1. The predicted molar refractivity (Wildman–Crippen MR) is 123 cm³/mol. The molecule has 4 heteroatoms. The average Bonchev–Trinajstić information content (AvgIpc) is 2.72. The second kappa shape index (κ2) is 12.5. The molecule has 2 nitrogen and oxygen atoms in total. The Morgan fingerprint density at radius 1 is 0.750 bits per heavy atom. The van der Waals surface area contributed by atoms with Gasteiger partial charge in [-0.1, -0.05) is 60.7 Å². The summed E-state index contributed by atoms with van der Waals surface area (Å²) in [5.41, 5.74) is 2.57. The molecule has 1 atom stereocenters. The van der Waals surface area contributed by atoms with Crippen LogP contribution in [0.4, 0.5) is 0 Å². The van der Waals surface area contributed by atoms with E-state index in [9.17, 15) is 5.11 Å². The van der Waals surface area contributed by atoms with Crippen LogP contribution < -0.4 is 5.32 Å². The molecule has 0 bridgehead atoms. The molecule has 3 rings (SSSR count). The molecule has 0 saturated carbocycles. The summed E-state index contributed by atoms with van der Waals surface area (Å²) in [6.45, 7) is 2.02. The third-order valence-corrected chi connectivity index (χ3v) is 5.72. The molecule has 148 valence electrons. The van der Waals surface area contributed by atoms with Gasteiger partial charge in [0.25, 0.3) is 0 Å². The van der Waals surface area contributed by atoms with E-state index in [1.54, 1.807) is 12.1 Å². The molecule has 0 fully saturated rings. The van der Waals surface area contributed by atoms with Crippen LogP contribution in [0.25, 0.3) is 0 Å². The Bertz CT molecular complexity index is 781. The van der Waals surface area contributed by atoms with E-state index in [0.717, 1.165) is 31.7 Å². The van der Waals surface area contributed by atoms with Gasteiger partial charge in [0.15, 0.2) is 0 Å². The number of nitrogens with one attached hydrogen (secondary N) is 1. The van der Waals surface area contributed by atoms with E-state index in [-0.39, 0.29) is 12.4 Å². The number of hydrogen-bond acceptors (Lipinski definition) is 3. The standard InChI is InChI=1S/C24H27NOS.ClH/c26-22-14-12-21(13-15-22)24(20-8-3-1-4-9-20)16-18-25-17-7-19-27-23-10-5-2-6-11-23;/h1-6,8-15,24-26H,7,16-19H2;1H. The molecule has 0 aliphatic heterocycles. The van der Waals surface area contributed by atoms with Gasteiger partial charge in [-0.05, 0) is 67.1 Å². The molecule has 0 amide bonds. The fraction of sp³-hybridized carbons (Fsp3) is 0.250. The van der Waals surface area contributed by atoms with E-state index in [4.69, 9.17) is 0 Å². The quantitative estimate of drug-likeness (QED) is 0.310. The maximum absolute atomic E-state index is 9.57. The van der Waals surface area contributed by atoms with Crippen LogP contribution in [0.5, 0.6) is 5.75 Å². The summed E-state index contributed by atoms with van der Waals surface area (Å²) in [6, 6.07) is 28.8. The molecule has 0 spiro atoms. The molecule has 28 heavy (non-hydrogen) atoms. The van der Waals surface area contributed by atoms with Crippen molar-refractivity contribution in [3.05, 3.63) is 96.1 Å². The third-order valence-electron chi connectivity index (χ3n) is 4.62. The minimum atomic E-state index is 0. The number of halogens is 1.